The van der Waals surface area contributed by atoms with Crippen LogP contribution in [0.5, 0.6) is 0 Å². The van der Waals surface area contributed by atoms with Gasteiger partial charge in [-0.3, -0.25) is 0 Å². The molecule has 0 fully saturated rings. The Bertz CT molecular complexity index is 3430. The van der Waals surface area contributed by atoms with E-state index in [0.717, 1.165) is 0 Å². The minimum absolute atomic E-state index is 0.170. The number of benzene rings is 11. The molecule has 11 aromatic carbocycles. The van der Waals surface area contributed by atoms with Gasteiger partial charge in [-0.2, -0.15) is 0 Å². The molecular formula is C57H38. The summed E-state index contributed by atoms with van der Waals surface area (Å²) in [5.41, 5.74) is 13.0. The molecule has 0 heterocycles. The Kier molecular flexibility index (Phi) is 6.78. The third kappa shape index (κ3) is 4.56. The molecule has 12 rings (SSSR count). The third-order valence-corrected chi connectivity index (χ3v) is 12.9. The van der Waals surface area contributed by atoms with Gasteiger partial charge in [0.25, 0.3) is 0 Å². The average molecular weight is 723 g/mol. The summed E-state index contributed by atoms with van der Waals surface area (Å²) in [6, 6.07) is 72.5. The zero-order valence-electron chi connectivity index (χ0n) is 32.0. The van der Waals surface area contributed by atoms with Crippen LogP contribution in [-0.4, -0.2) is 0 Å². The first-order chi connectivity index (χ1) is 28.1. The van der Waals surface area contributed by atoms with Crippen molar-refractivity contribution in [2.75, 3.05) is 0 Å². The van der Waals surface area contributed by atoms with Crippen molar-refractivity contribution < 1.29 is 0 Å². The lowest BCUT2D eigenvalue weighted by atomic mass is 9.77. The van der Waals surface area contributed by atoms with E-state index in [-0.39, 0.29) is 5.41 Å². The van der Waals surface area contributed by atoms with Crippen LogP contribution in [0.1, 0.15) is 25.0 Å². The molecule has 0 spiro atoms. The summed E-state index contributed by atoms with van der Waals surface area (Å²) in [5.74, 6) is 0. The minimum atomic E-state index is -0.170. The van der Waals surface area contributed by atoms with Gasteiger partial charge in [-0.05, 0) is 132 Å². The summed E-state index contributed by atoms with van der Waals surface area (Å²) in [6.45, 7) is 4.86. The van der Waals surface area contributed by atoms with E-state index in [1.807, 2.05) is 0 Å². The molecule has 0 saturated heterocycles. The number of rotatable bonds is 3. The van der Waals surface area contributed by atoms with Gasteiger partial charge in [0.15, 0.2) is 0 Å². The predicted octanol–water partition coefficient (Wildman–Crippen LogP) is 15.9. The fourth-order valence-electron chi connectivity index (χ4n) is 10.6. The molecule has 57 heavy (non-hydrogen) atoms. The molecule has 0 aliphatic heterocycles. The Labute approximate surface area is 332 Å². The first-order valence-corrected chi connectivity index (χ1v) is 20.1. The Hall–Kier alpha value is -7.02. The lowest BCUT2D eigenvalue weighted by molar-refractivity contribution is 0.672. The van der Waals surface area contributed by atoms with E-state index < -0.39 is 0 Å². The van der Waals surface area contributed by atoms with Crippen molar-refractivity contribution in [3.05, 3.63) is 205 Å². The van der Waals surface area contributed by atoms with E-state index in [2.05, 4.69) is 208 Å². The largest absolute Gasteiger partial charge is 0.0616 e. The predicted molar refractivity (Wildman–Crippen MR) is 245 cm³/mol. The van der Waals surface area contributed by atoms with Crippen LogP contribution in [0.4, 0.5) is 0 Å². The highest BCUT2D eigenvalue weighted by molar-refractivity contribution is 6.23. The van der Waals surface area contributed by atoms with Gasteiger partial charge in [0, 0.05) is 5.41 Å². The topological polar surface area (TPSA) is 0 Å². The van der Waals surface area contributed by atoms with Crippen molar-refractivity contribution in [1.82, 2.24) is 0 Å². The van der Waals surface area contributed by atoms with E-state index in [0.29, 0.717) is 0 Å². The van der Waals surface area contributed by atoms with Gasteiger partial charge in [-0.1, -0.05) is 196 Å². The first kappa shape index (κ1) is 32.2. The van der Waals surface area contributed by atoms with Crippen LogP contribution in [0, 0.1) is 0 Å². The molecule has 0 bridgehead atoms. The standard InChI is InChI=1S/C57H38/c1-57(2)55-42-31-30-39(34-37(42)29-32-51(55)54-45-22-7-5-20-43(45)44-21-6-12-27-50(44)56(54)57)53-48-25-10-8-23-46(48)52(47-24-9-11-26-49(47)53)38-18-13-17-36(33-38)41-28-14-16-35-15-3-4-19-40(35)41/h3-34H,1-2H3. The molecule has 0 nitrogen and oxygen atoms in total. The van der Waals surface area contributed by atoms with E-state index in [1.165, 1.54) is 120 Å². The zero-order valence-corrected chi connectivity index (χ0v) is 32.0. The Morgan fingerprint density at radius 3 is 1.42 bits per heavy atom. The van der Waals surface area contributed by atoms with Gasteiger partial charge in [0.2, 0.25) is 0 Å². The smallest absolute Gasteiger partial charge is 0.0171 e. The summed E-state index contributed by atoms with van der Waals surface area (Å²) in [7, 11) is 0. The van der Waals surface area contributed by atoms with Crippen LogP contribution in [0.15, 0.2) is 194 Å². The quantitative estimate of drug-likeness (QED) is 0.126. The van der Waals surface area contributed by atoms with Crippen LogP contribution in [0.25, 0.3) is 109 Å². The highest BCUT2D eigenvalue weighted by Gasteiger charge is 2.39. The van der Waals surface area contributed by atoms with Crippen LogP contribution >= 0.6 is 0 Å². The fraction of sp³-hybridized carbons (Fsp3) is 0.0526. The molecule has 0 aromatic heterocycles. The van der Waals surface area contributed by atoms with Gasteiger partial charge < -0.3 is 0 Å². The number of fused-ring (bicyclic) bond motifs is 13. The second-order valence-electron chi connectivity index (χ2n) is 16.3. The summed E-state index contributed by atoms with van der Waals surface area (Å²) in [5, 5.41) is 15.6. The van der Waals surface area contributed by atoms with Gasteiger partial charge in [0.05, 0.1) is 0 Å². The van der Waals surface area contributed by atoms with Gasteiger partial charge in [-0.15, -0.1) is 0 Å². The second kappa shape index (κ2) is 12.0. The Morgan fingerprint density at radius 1 is 0.263 bits per heavy atom. The van der Waals surface area contributed by atoms with Crippen molar-refractivity contribution in [3.63, 3.8) is 0 Å². The maximum Gasteiger partial charge on any atom is 0.0171 e. The van der Waals surface area contributed by atoms with Crippen molar-refractivity contribution in [2.45, 2.75) is 19.3 Å². The van der Waals surface area contributed by atoms with Crippen molar-refractivity contribution in [2.24, 2.45) is 0 Å². The van der Waals surface area contributed by atoms with Gasteiger partial charge >= 0.3 is 0 Å². The molecule has 0 heteroatoms. The summed E-state index contributed by atoms with van der Waals surface area (Å²) in [6.07, 6.45) is 0. The SMILES string of the molecule is CC1(C)c2c(ccc3cc(-c4c5ccccc5c(-c5cccc(-c6cccc7ccccc67)c5)c5ccccc45)ccc23)-c2c1c1ccccc1c1ccccc21. The molecule has 266 valence electrons. The highest BCUT2D eigenvalue weighted by Crippen LogP contribution is 2.57. The molecular weight excluding hydrogens is 685 g/mol. The van der Waals surface area contributed by atoms with Crippen molar-refractivity contribution in [1.29, 1.82) is 0 Å². The molecule has 1 aliphatic carbocycles. The number of hydrogen-bond acceptors (Lipinski definition) is 0. The molecule has 0 unspecified atom stereocenters. The third-order valence-electron chi connectivity index (χ3n) is 12.9. The molecule has 1 aliphatic rings. The van der Waals surface area contributed by atoms with Crippen LogP contribution in [-0.2, 0) is 5.41 Å². The van der Waals surface area contributed by atoms with E-state index in [9.17, 15) is 0 Å². The fourth-order valence-corrected chi connectivity index (χ4v) is 10.6. The highest BCUT2D eigenvalue weighted by atomic mass is 14.4. The van der Waals surface area contributed by atoms with E-state index in [1.54, 1.807) is 0 Å². The lowest BCUT2D eigenvalue weighted by Crippen LogP contribution is -2.16. The van der Waals surface area contributed by atoms with Crippen LogP contribution in [0.2, 0.25) is 0 Å². The molecule has 0 radical (unpaired) electrons. The monoisotopic (exact) mass is 722 g/mol. The van der Waals surface area contributed by atoms with E-state index in [4.69, 9.17) is 0 Å². The van der Waals surface area contributed by atoms with Gasteiger partial charge in [0.1, 0.15) is 0 Å². The Balaban J connectivity index is 1.07. The van der Waals surface area contributed by atoms with E-state index >= 15 is 0 Å². The molecule has 0 amide bonds. The Morgan fingerprint density at radius 2 is 0.754 bits per heavy atom. The molecule has 0 atom stereocenters. The normalized spacial score (nSPS) is 13.2. The summed E-state index contributed by atoms with van der Waals surface area (Å²) in [4.78, 5) is 0. The maximum absolute atomic E-state index is 2.44. The summed E-state index contributed by atoms with van der Waals surface area (Å²) < 4.78 is 0. The summed E-state index contributed by atoms with van der Waals surface area (Å²) >= 11 is 0. The molecule has 11 aromatic rings. The zero-order chi connectivity index (χ0) is 37.8. The molecule has 0 saturated carbocycles. The van der Waals surface area contributed by atoms with Crippen LogP contribution < -0.4 is 0 Å². The van der Waals surface area contributed by atoms with Crippen molar-refractivity contribution in [3.8, 4) is 44.5 Å². The van der Waals surface area contributed by atoms with Crippen LogP contribution in [0.3, 0.4) is 0 Å². The molecule has 0 N–H and O–H groups in total. The average Bonchev–Trinajstić information content (AvgIpc) is 3.52. The maximum atomic E-state index is 2.44. The van der Waals surface area contributed by atoms with Gasteiger partial charge in [-0.25, -0.2) is 0 Å². The second-order valence-corrected chi connectivity index (χ2v) is 16.3. The lowest BCUT2D eigenvalue weighted by Gasteiger charge is -2.25. The minimum Gasteiger partial charge on any atom is -0.0616 e. The van der Waals surface area contributed by atoms with Crippen molar-refractivity contribution >= 4 is 64.6 Å². The number of hydrogen-bond donors (Lipinski definition) is 0. The first-order valence-electron chi connectivity index (χ1n) is 20.1.